The van der Waals surface area contributed by atoms with Crippen molar-refractivity contribution in [1.29, 1.82) is 0 Å². The van der Waals surface area contributed by atoms with E-state index in [1.807, 2.05) is 12.1 Å². The summed E-state index contributed by atoms with van der Waals surface area (Å²) in [4.78, 5) is 13.5. The molecule has 0 radical (unpaired) electrons. The van der Waals surface area contributed by atoms with Crippen LogP contribution >= 0.6 is 11.6 Å². The minimum absolute atomic E-state index is 0.237. The van der Waals surface area contributed by atoms with E-state index in [-0.39, 0.29) is 5.92 Å². The summed E-state index contributed by atoms with van der Waals surface area (Å²) in [7, 11) is 0. The van der Waals surface area contributed by atoms with Gasteiger partial charge in [0.15, 0.2) is 0 Å². The van der Waals surface area contributed by atoms with Gasteiger partial charge in [-0.05, 0) is 62.4 Å². The Kier molecular flexibility index (Phi) is 4.71. The highest BCUT2D eigenvalue weighted by Crippen LogP contribution is 2.27. The Morgan fingerprint density at radius 3 is 2.50 bits per heavy atom. The first-order chi connectivity index (χ1) is 9.38. The molecule has 0 aliphatic carbocycles. The lowest BCUT2D eigenvalue weighted by Gasteiger charge is -2.37. The van der Waals surface area contributed by atoms with Crippen molar-refractivity contribution in [3.63, 3.8) is 0 Å². The second-order valence-corrected chi connectivity index (χ2v) is 6.35. The van der Waals surface area contributed by atoms with Crippen molar-refractivity contribution in [2.24, 2.45) is 5.92 Å². The highest BCUT2D eigenvalue weighted by molar-refractivity contribution is 6.30. The van der Waals surface area contributed by atoms with Crippen LogP contribution in [0.4, 0.5) is 0 Å². The van der Waals surface area contributed by atoms with Crippen LogP contribution in [0.1, 0.15) is 36.5 Å². The molecule has 1 heterocycles. The Morgan fingerprint density at radius 2 is 1.95 bits per heavy atom. The third-order valence-corrected chi connectivity index (χ3v) is 4.60. The molecule has 20 heavy (non-hydrogen) atoms. The number of halogens is 1. The average Bonchev–Trinajstić information content (AvgIpc) is 2.35. The van der Waals surface area contributed by atoms with Gasteiger partial charge in [-0.15, -0.1) is 0 Å². The Bertz CT molecular complexity index is 492. The Hall–Kier alpha value is -1.06. The molecule has 2 rings (SSSR count). The van der Waals surface area contributed by atoms with Crippen molar-refractivity contribution in [2.45, 2.75) is 46.2 Å². The number of carboxylic acid groups (broad SMARTS) is 1. The van der Waals surface area contributed by atoms with Gasteiger partial charge in [0.2, 0.25) is 0 Å². The van der Waals surface area contributed by atoms with Crippen LogP contribution in [0, 0.1) is 19.8 Å². The number of hydrogen-bond acceptors (Lipinski definition) is 2. The van der Waals surface area contributed by atoms with Crippen molar-refractivity contribution in [1.82, 2.24) is 4.90 Å². The van der Waals surface area contributed by atoms with Crippen molar-refractivity contribution in [3.05, 3.63) is 33.8 Å². The van der Waals surface area contributed by atoms with Gasteiger partial charge in [0.05, 0.1) is 5.92 Å². The van der Waals surface area contributed by atoms with Crippen molar-refractivity contribution in [2.75, 3.05) is 6.54 Å². The van der Waals surface area contributed by atoms with Gasteiger partial charge in [-0.25, -0.2) is 0 Å². The number of nitrogens with zero attached hydrogens (tertiary/aromatic N) is 1. The summed E-state index contributed by atoms with van der Waals surface area (Å²) in [6.07, 6.45) is 1.73. The minimum Gasteiger partial charge on any atom is -0.481 e. The molecule has 1 N–H and O–H groups in total. The van der Waals surface area contributed by atoms with E-state index < -0.39 is 5.97 Å². The van der Waals surface area contributed by atoms with Crippen LogP contribution in [0.3, 0.4) is 0 Å². The summed E-state index contributed by atoms with van der Waals surface area (Å²) in [5.74, 6) is -0.912. The molecular weight excluding hydrogens is 274 g/mol. The predicted molar refractivity (Wildman–Crippen MR) is 81.2 cm³/mol. The first-order valence-corrected chi connectivity index (χ1v) is 7.48. The lowest BCUT2D eigenvalue weighted by molar-refractivity contribution is -0.144. The maximum absolute atomic E-state index is 11.2. The molecule has 2 unspecified atom stereocenters. The molecular formula is C16H22ClNO2. The molecule has 1 aliphatic rings. The first kappa shape index (κ1) is 15.3. The number of carbonyl (C=O) groups is 1. The Morgan fingerprint density at radius 1 is 1.35 bits per heavy atom. The van der Waals surface area contributed by atoms with Crippen LogP contribution in [0.2, 0.25) is 5.02 Å². The fourth-order valence-corrected chi connectivity index (χ4v) is 3.32. The standard InChI is InChI=1S/C16H22ClNO2/c1-10-6-14(17)7-11(2)15(10)9-18-8-13(16(19)20)5-4-12(18)3/h6-7,12-13H,4-5,8-9H2,1-3H3,(H,19,20). The van der Waals surface area contributed by atoms with Gasteiger partial charge < -0.3 is 5.11 Å². The van der Waals surface area contributed by atoms with Crippen LogP contribution < -0.4 is 0 Å². The van der Waals surface area contributed by atoms with E-state index in [0.29, 0.717) is 12.6 Å². The lowest BCUT2D eigenvalue weighted by atomic mass is 9.92. The minimum atomic E-state index is -0.675. The number of rotatable bonds is 3. The van der Waals surface area contributed by atoms with E-state index in [2.05, 4.69) is 25.7 Å². The Labute approximate surface area is 125 Å². The summed E-state index contributed by atoms with van der Waals surface area (Å²) in [6, 6.07) is 4.39. The van der Waals surface area contributed by atoms with E-state index >= 15 is 0 Å². The van der Waals surface area contributed by atoms with Crippen LogP contribution in [0.25, 0.3) is 0 Å². The van der Waals surface area contributed by atoms with Gasteiger partial charge in [-0.1, -0.05) is 11.6 Å². The van der Waals surface area contributed by atoms with Crippen molar-refractivity contribution in [3.8, 4) is 0 Å². The van der Waals surface area contributed by atoms with Gasteiger partial charge in [0.25, 0.3) is 0 Å². The SMILES string of the molecule is Cc1cc(Cl)cc(C)c1CN1CC(C(=O)O)CCC1C. The average molecular weight is 296 g/mol. The fraction of sp³-hybridized carbons (Fsp3) is 0.562. The maximum Gasteiger partial charge on any atom is 0.307 e. The summed E-state index contributed by atoms with van der Waals surface area (Å²) in [5.41, 5.74) is 3.63. The first-order valence-electron chi connectivity index (χ1n) is 7.11. The van der Waals surface area contributed by atoms with Gasteiger partial charge in [0, 0.05) is 24.2 Å². The molecule has 1 fully saturated rings. The molecule has 3 nitrogen and oxygen atoms in total. The second-order valence-electron chi connectivity index (χ2n) is 5.91. The van der Waals surface area contributed by atoms with E-state index in [1.54, 1.807) is 0 Å². The van der Waals surface area contributed by atoms with Crippen molar-refractivity contribution < 1.29 is 9.90 Å². The number of carboxylic acids is 1. The molecule has 1 aromatic rings. The highest BCUT2D eigenvalue weighted by Gasteiger charge is 2.30. The normalized spacial score (nSPS) is 23.8. The maximum atomic E-state index is 11.2. The molecule has 110 valence electrons. The van der Waals surface area contributed by atoms with Gasteiger partial charge in [-0.3, -0.25) is 9.69 Å². The number of hydrogen-bond donors (Lipinski definition) is 1. The molecule has 0 aromatic heterocycles. The number of benzene rings is 1. The van der Waals surface area contributed by atoms with Gasteiger partial charge >= 0.3 is 5.97 Å². The second kappa shape index (κ2) is 6.15. The molecule has 0 bridgehead atoms. The lowest BCUT2D eigenvalue weighted by Crippen LogP contribution is -2.43. The summed E-state index contributed by atoms with van der Waals surface area (Å²) in [5, 5.41) is 9.97. The van der Waals surface area contributed by atoms with Gasteiger partial charge in [-0.2, -0.15) is 0 Å². The van der Waals surface area contributed by atoms with E-state index in [9.17, 15) is 9.90 Å². The molecule has 1 aromatic carbocycles. The van der Waals surface area contributed by atoms with Crippen LogP contribution in [0.15, 0.2) is 12.1 Å². The molecule has 1 aliphatic heterocycles. The third kappa shape index (κ3) is 3.33. The van der Waals surface area contributed by atoms with Crippen LogP contribution in [0.5, 0.6) is 0 Å². The summed E-state index contributed by atoms with van der Waals surface area (Å²) in [6.45, 7) is 7.76. The number of aliphatic carboxylic acids is 1. The van der Waals surface area contributed by atoms with E-state index in [1.165, 1.54) is 16.7 Å². The monoisotopic (exact) mass is 295 g/mol. The molecule has 0 spiro atoms. The number of aryl methyl sites for hydroxylation is 2. The molecule has 0 saturated carbocycles. The molecule has 4 heteroatoms. The predicted octanol–water partition coefficient (Wildman–Crippen LogP) is 3.64. The van der Waals surface area contributed by atoms with Crippen LogP contribution in [-0.2, 0) is 11.3 Å². The smallest absolute Gasteiger partial charge is 0.307 e. The van der Waals surface area contributed by atoms with E-state index in [4.69, 9.17) is 11.6 Å². The number of likely N-dealkylation sites (tertiary alicyclic amines) is 1. The van der Waals surface area contributed by atoms with Crippen molar-refractivity contribution >= 4 is 17.6 Å². The summed E-state index contributed by atoms with van der Waals surface area (Å²) < 4.78 is 0. The molecule has 2 atom stereocenters. The van der Waals surface area contributed by atoms with Crippen LogP contribution in [-0.4, -0.2) is 28.6 Å². The largest absolute Gasteiger partial charge is 0.481 e. The number of piperidine rings is 1. The van der Waals surface area contributed by atoms with Gasteiger partial charge in [0.1, 0.15) is 0 Å². The highest BCUT2D eigenvalue weighted by atomic mass is 35.5. The zero-order valence-corrected chi connectivity index (χ0v) is 13.1. The zero-order chi connectivity index (χ0) is 14.9. The topological polar surface area (TPSA) is 40.5 Å². The summed E-state index contributed by atoms with van der Waals surface area (Å²) >= 11 is 6.07. The Balaban J connectivity index is 2.18. The third-order valence-electron chi connectivity index (χ3n) is 4.38. The van der Waals surface area contributed by atoms with E-state index in [0.717, 1.165) is 24.4 Å². The fourth-order valence-electron chi connectivity index (χ4n) is 2.99. The molecule has 1 saturated heterocycles. The molecule has 0 amide bonds. The quantitative estimate of drug-likeness (QED) is 0.925. The zero-order valence-electron chi connectivity index (χ0n) is 12.3.